The van der Waals surface area contributed by atoms with Gasteiger partial charge in [0.2, 0.25) is 5.91 Å². The Labute approximate surface area is 137 Å². The Morgan fingerprint density at radius 3 is 2.18 bits per heavy atom. The summed E-state index contributed by atoms with van der Waals surface area (Å²) in [5.74, 6) is 3.65. The number of rotatable bonds is 4. The van der Waals surface area contributed by atoms with Crippen molar-refractivity contribution in [3.8, 4) is 0 Å². The molecule has 1 amide bonds. The third-order valence-electron chi connectivity index (χ3n) is 5.96. The fraction of sp³-hybridized carbons (Fsp3) is 0.947. The van der Waals surface area contributed by atoms with Gasteiger partial charge < -0.3 is 9.80 Å². The van der Waals surface area contributed by atoms with E-state index in [1.807, 2.05) is 13.8 Å². The lowest BCUT2D eigenvalue weighted by molar-refractivity contribution is -0.137. The molecule has 2 fully saturated rings. The Bertz CT molecular complexity index is 358. The molecule has 2 heterocycles. The van der Waals surface area contributed by atoms with E-state index >= 15 is 0 Å². The number of carbonyl (C=O) groups is 1. The summed E-state index contributed by atoms with van der Waals surface area (Å²) in [6, 6.07) is 0. The first kappa shape index (κ1) is 17.8. The Hall–Kier alpha value is -0.570. The summed E-state index contributed by atoms with van der Waals surface area (Å²) in [7, 11) is 0. The maximum Gasteiger partial charge on any atom is 0.225 e. The summed E-state index contributed by atoms with van der Waals surface area (Å²) in [6.45, 7) is 16.8. The van der Waals surface area contributed by atoms with Crippen molar-refractivity contribution < 1.29 is 4.79 Å². The van der Waals surface area contributed by atoms with Crippen LogP contribution in [0.2, 0.25) is 0 Å². The summed E-state index contributed by atoms with van der Waals surface area (Å²) in [5.41, 5.74) is 0. The van der Waals surface area contributed by atoms with Gasteiger partial charge in [0.15, 0.2) is 0 Å². The molecule has 0 aromatic heterocycles. The van der Waals surface area contributed by atoms with Crippen LogP contribution in [0.5, 0.6) is 0 Å². The molecule has 0 radical (unpaired) electrons. The van der Waals surface area contributed by atoms with Gasteiger partial charge in [-0.25, -0.2) is 0 Å². The highest BCUT2D eigenvalue weighted by Gasteiger charge is 2.31. The highest BCUT2D eigenvalue weighted by molar-refractivity contribution is 5.78. The number of nitrogens with zero attached hydrogens (tertiary/aromatic N) is 2. The maximum atomic E-state index is 12.2. The molecule has 0 saturated carbocycles. The summed E-state index contributed by atoms with van der Waals surface area (Å²) >= 11 is 0. The first-order valence-corrected chi connectivity index (χ1v) is 9.39. The SMILES string of the molecule is CC(C)C(=O)N1CC[C@@H](CN2CCC(C(C)C)CC2)[C@H](C)C1. The van der Waals surface area contributed by atoms with Crippen molar-refractivity contribution in [3.63, 3.8) is 0 Å². The summed E-state index contributed by atoms with van der Waals surface area (Å²) in [5, 5.41) is 0. The molecule has 0 N–H and O–H groups in total. The normalized spacial score (nSPS) is 28.6. The zero-order chi connectivity index (χ0) is 16.3. The minimum absolute atomic E-state index is 0.138. The highest BCUT2D eigenvalue weighted by Crippen LogP contribution is 2.29. The monoisotopic (exact) mass is 308 g/mol. The van der Waals surface area contributed by atoms with Crippen LogP contribution in [0.1, 0.15) is 53.9 Å². The standard InChI is InChI=1S/C19H36N2O/c1-14(2)17-6-9-20(10-7-17)13-18-8-11-21(12-16(18)5)19(22)15(3)4/h14-18H,6-13H2,1-5H3/t16-,18+/m1/s1. The van der Waals surface area contributed by atoms with Crippen LogP contribution >= 0.6 is 0 Å². The van der Waals surface area contributed by atoms with Crippen LogP contribution in [0.4, 0.5) is 0 Å². The quantitative estimate of drug-likeness (QED) is 0.793. The van der Waals surface area contributed by atoms with Gasteiger partial charge >= 0.3 is 0 Å². The van der Waals surface area contributed by atoms with Gasteiger partial charge in [-0.05, 0) is 56.0 Å². The van der Waals surface area contributed by atoms with Gasteiger partial charge in [0.25, 0.3) is 0 Å². The molecule has 0 bridgehead atoms. The second-order valence-corrected chi connectivity index (χ2v) is 8.35. The molecule has 0 aromatic rings. The Balaban J connectivity index is 1.77. The van der Waals surface area contributed by atoms with E-state index in [1.165, 1.54) is 38.9 Å². The second kappa shape index (κ2) is 7.81. The van der Waals surface area contributed by atoms with Crippen LogP contribution in [0, 0.1) is 29.6 Å². The molecule has 22 heavy (non-hydrogen) atoms. The predicted molar refractivity (Wildman–Crippen MR) is 92.7 cm³/mol. The van der Waals surface area contributed by atoms with Gasteiger partial charge in [0.1, 0.15) is 0 Å². The third-order valence-corrected chi connectivity index (χ3v) is 5.96. The predicted octanol–water partition coefficient (Wildman–Crippen LogP) is 3.50. The zero-order valence-corrected chi connectivity index (χ0v) is 15.3. The molecule has 128 valence electrons. The summed E-state index contributed by atoms with van der Waals surface area (Å²) in [4.78, 5) is 16.9. The molecular formula is C19H36N2O. The lowest BCUT2D eigenvalue weighted by atomic mass is 9.83. The van der Waals surface area contributed by atoms with Crippen molar-refractivity contribution in [1.29, 1.82) is 0 Å². The molecule has 0 aliphatic carbocycles. The van der Waals surface area contributed by atoms with Crippen LogP contribution in [-0.4, -0.2) is 48.4 Å². The third kappa shape index (κ3) is 4.47. The Morgan fingerprint density at radius 2 is 1.68 bits per heavy atom. The zero-order valence-electron chi connectivity index (χ0n) is 15.3. The van der Waals surface area contributed by atoms with Gasteiger partial charge in [0.05, 0.1) is 0 Å². The summed E-state index contributed by atoms with van der Waals surface area (Å²) in [6.07, 6.45) is 3.93. The van der Waals surface area contributed by atoms with E-state index in [2.05, 4.69) is 30.6 Å². The average molecular weight is 309 g/mol. The highest BCUT2D eigenvalue weighted by atomic mass is 16.2. The van der Waals surface area contributed by atoms with E-state index in [1.54, 1.807) is 0 Å². The maximum absolute atomic E-state index is 12.2. The van der Waals surface area contributed by atoms with Gasteiger partial charge in [-0.15, -0.1) is 0 Å². The fourth-order valence-corrected chi connectivity index (χ4v) is 4.16. The first-order valence-electron chi connectivity index (χ1n) is 9.39. The van der Waals surface area contributed by atoms with E-state index in [-0.39, 0.29) is 5.92 Å². The van der Waals surface area contributed by atoms with Crippen molar-refractivity contribution in [2.24, 2.45) is 29.6 Å². The second-order valence-electron chi connectivity index (χ2n) is 8.35. The molecule has 0 spiro atoms. The van der Waals surface area contributed by atoms with E-state index in [0.717, 1.165) is 30.8 Å². The Morgan fingerprint density at radius 1 is 1.05 bits per heavy atom. The number of carbonyl (C=O) groups excluding carboxylic acids is 1. The van der Waals surface area contributed by atoms with Crippen molar-refractivity contribution in [2.75, 3.05) is 32.7 Å². The summed E-state index contributed by atoms with van der Waals surface area (Å²) < 4.78 is 0. The van der Waals surface area contributed by atoms with Gasteiger partial charge in [-0.2, -0.15) is 0 Å². The molecule has 2 aliphatic heterocycles. The number of likely N-dealkylation sites (tertiary alicyclic amines) is 2. The number of piperidine rings is 2. The van der Waals surface area contributed by atoms with Crippen molar-refractivity contribution in [2.45, 2.75) is 53.9 Å². The molecule has 0 aromatic carbocycles. The average Bonchev–Trinajstić information content (AvgIpc) is 2.49. The molecule has 2 atom stereocenters. The van der Waals surface area contributed by atoms with Gasteiger partial charge in [-0.1, -0.05) is 34.6 Å². The molecular weight excluding hydrogens is 272 g/mol. The van der Waals surface area contributed by atoms with Crippen molar-refractivity contribution in [1.82, 2.24) is 9.80 Å². The number of hydrogen-bond donors (Lipinski definition) is 0. The molecule has 2 aliphatic rings. The molecule has 0 unspecified atom stereocenters. The Kier molecular flexibility index (Phi) is 6.31. The van der Waals surface area contributed by atoms with E-state index in [9.17, 15) is 4.79 Å². The number of amides is 1. The minimum Gasteiger partial charge on any atom is -0.342 e. The van der Waals surface area contributed by atoms with Crippen LogP contribution in [0.3, 0.4) is 0 Å². The minimum atomic E-state index is 0.138. The van der Waals surface area contributed by atoms with Crippen molar-refractivity contribution in [3.05, 3.63) is 0 Å². The molecule has 2 saturated heterocycles. The van der Waals surface area contributed by atoms with Crippen LogP contribution < -0.4 is 0 Å². The van der Waals surface area contributed by atoms with Crippen LogP contribution in [0.25, 0.3) is 0 Å². The van der Waals surface area contributed by atoms with E-state index < -0.39 is 0 Å². The van der Waals surface area contributed by atoms with Crippen LogP contribution in [0.15, 0.2) is 0 Å². The molecule has 2 rings (SSSR count). The first-order chi connectivity index (χ1) is 10.4. The largest absolute Gasteiger partial charge is 0.342 e. The fourth-order valence-electron chi connectivity index (χ4n) is 4.16. The van der Waals surface area contributed by atoms with E-state index in [4.69, 9.17) is 0 Å². The van der Waals surface area contributed by atoms with Gasteiger partial charge in [-0.3, -0.25) is 4.79 Å². The van der Waals surface area contributed by atoms with Crippen LogP contribution in [-0.2, 0) is 4.79 Å². The smallest absolute Gasteiger partial charge is 0.225 e. The van der Waals surface area contributed by atoms with E-state index in [0.29, 0.717) is 11.8 Å². The lowest BCUT2D eigenvalue weighted by Gasteiger charge is -2.41. The van der Waals surface area contributed by atoms with Crippen molar-refractivity contribution >= 4 is 5.91 Å². The lowest BCUT2D eigenvalue weighted by Crippen LogP contribution is -2.48. The molecule has 3 nitrogen and oxygen atoms in total. The molecule has 3 heteroatoms. The number of hydrogen-bond acceptors (Lipinski definition) is 2. The topological polar surface area (TPSA) is 23.6 Å². The van der Waals surface area contributed by atoms with Gasteiger partial charge in [0, 0.05) is 25.6 Å².